The molecule has 0 spiro atoms. The molecule has 0 aromatic rings. The van der Waals surface area contributed by atoms with Gasteiger partial charge in [-0.3, -0.25) is 0 Å². The summed E-state index contributed by atoms with van der Waals surface area (Å²) < 4.78 is 0. The molecular weight excluding hydrogens is 108 g/mol. The number of hydrogen-bond donors (Lipinski definition) is 0. The lowest BCUT2D eigenvalue weighted by molar-refractivity contribution is 0.709. The lowest BCUT2D eigenvalue weighted by Gasteiger charge is -2.07. The Hall–Kier alpha value is -0.260. The van der Waals surface area contributed by atoms with Gasteiger partial charge in [0.2, 0.25) is 0 Å². The molecule has 0 rings (SSSR count). The summed E-state index contributed by atoms with van der Waals surface area (Å²) in [6.07, 6.45) is 6.87. The Balaban J connectivity index is 3.19. The molecule has 0 saturated heterocycles. The fraction of sp³-hybridized carbons (Fsp3) is 0.667. The maximum absolute atomic E-state index is 3.69. The van der Waals surface area contributed by atoms with Gasteiger partial charge in [-0.15, -0.1) is 6.58 Å². The van der Waals surface area contributed by atoms with Gasteiger partial charge < -0.3 is 0 Å². The predicted octanol–water partition coefficient (Wildman–Crippen LogP) is 3.35. The average molecular weight is 125 g/mol. The Morgan fingerprint density at radius 3 is 2.22 bits per heavy atom. The molecule has 0 nitrogen and oxygen atoms in total. The molecule has 0 amide bonds. The lowest BCUT2D eigenvalue weighted by Crippen LogP contribution is -1.91. The number of hydrogen-bond acceptors (Lipinski definition) is 0. The van der Waals surface area contributed by atoms with Gasteiger partial charge in [0, 0.05) is 0 Å². The minimum Gasteiger partial charge on any atom is -0.103 e. The lowest BCUT2D eigenvalue weighted by atomic mass is 9.98. The molecule has 0 aromatic heterocycles. The monoisotopic (exact) mass is 125 g/mol. The highest BCUT2D eigenvalue weighted by molar-refractivity contribution is 4.88. The first kappa shape index (κ1) is 8.74. The summed E-state index contributed by atoms with van der Waals surface area (Å²) >= 11 is 0. The van der Waals surface area contributed by atoms with Crippen molar-refractivity contribution in [1.29, 1.82) is 0 Å². The highest BCUT2D eigenvalue weighted by atomic mass is 14.0. The molecule has 0 bridgehead atoms. The van der Waals surface area contributed by atoms with Crippen molar-refractivity contribution in [2.24, 2.45) is 0 Å². The van der Waals surface area contributed by atoms with Gasteiger partial charge in [-0.25, -0.2) is 0 Å². The van der Waals surface area contributed by atoms with Crippen LogP contribution >= 0.6 is 0 Å². The Bertz CT molecular complexity index is 60.4. The van der Waals surface area contributed by atoms with E-state index >= 15 is 0 Å². The summed E-state index contributed by atoms with van der Waals surface area (Å²) in [5.74, 6) is 1.66. The molecule has 53 valence electrons. The van der Waals surface area contributed by atoms with E-state index < -0.39 is 0 Å². The molecule has 9 heavy (non-hydrogen) atoms. The van der Waals surface area contributed by atoms with Crippen molar-refractivity contribution < 1.29 is 0 Å². The van der Waals surface area contributed by atoms with E-state index in [1.807, 2.05) is 6.08 Å². The smallest absolute Gasteiger partial charge is 0.0243 e. The van der Waals surface area contributed by atoms with Crippen molar-refractivity contribution in [1.82, 2.24) is 0 Å². The standard InChI is InChI=1S/C9H17/c1-4-7-8-9(5-2)6-3/h4H,1,5-8H2,2-3H3. The van der Waals surface area contributed by atoms with Crippen molar-refractivity contribution in [3.63, 3.8) is 0 Å². The van der Waals surface area contributed by atoms with Gasteiger partial charge in [-0.2, -0.15) is 0 Å². The highest BCUT2D eigenvalue weighted by Gasteiger charge is 2.00. The largest absolute Gasteiger partial charge is 0.103 e. The summed E-state index contributed by atoms with van der Waals surface area (Å²) in [4.78, 5) is 0. The van der Waals surface area contributed by atoms with Crippen LogP contribution in [0.3, 0.4) is 0 Å². The van der Waals surface area contributed by atoms with Gasteiger partial charge in [-0.05, 0) is 31.6 Å². The van der Waals surface area contributed by atoms with E-state index in [4.69, 9.17) is 0 Å². The minimum absolute atomic E-state index is 1.15. The molecule has 0 atom stereocenters. The van der Waals surface area contributed by atoms with Crippen LogP contribution in [0.1, 0.15) is 39.5 Å². The molecule has 0 aliphatic carbocycles. The molecule has 0 heterocycles. The van der Waals surface area contributed by atoms with Crippen molar-refractivity contribution in [2.75, 3.05) is 0 Å². The molecular formula is C9H17. The van der Waals surface area contributed by atoms with Crippen LogP contribution in [0.25, 0.3) is 0 Å². The van der Waals surface area contributed by atoms with Gasteiger partial charge in [0.25, 0.3) is 0 Å². The molecule has 0 aliphatic rings. The average Bonchev–Trinajstić information content (AvgIpc) is 1.91. The van der Waals surface area contributed by atoms with Crippen LogP contribution in [0.4, 0.5) is 0 Å². The first-order chi connectivity index (χ1) is 4.35. The van der Waals surface area contributed by atoms with Crippen LogP contribution in [-0.2, 0) is 0 Å². The summed E-state index contributed by atoms with van der Waals surface area (Å²) in [5, 5.41) is 0. The van der Waals surface area contributed by atoms with Crippen LogP contribution in [0, 0.1) is 5.92 Å². The Morgan fingerprint density at radius 1 is 1.33 bits per heavy atom. The second-order valence-corrected chi connectivity index (χ2v) is 2.28. The third-order valence-corrected chi connectivity index (χ3v) is 1.70. The summed E-state index contributed by atoms with van der Waals surface area (Å²) in [6, 6.07) is 0. The first-order valence-corrected chi connectivity index (χ1v) is 3.79. The van der Waals surface area contributed by atoms with E-state index in [1.165, 1.54) is 19.3 Å². The summed E-state index contributed by atoms with van der Waals surface area (Å²) in [5.41, 5.74) is 0. The van der Waals surface area contributed by atoms with Crippen LogP contribution in [0.2, 0.25) is 0 Å². The van der Waals surface area contributed by atoms with Crippen LogP contribution in [0.15, 0.2) is 12.7 Å². The molecule has 0 unspecified atom stereocenters. The molecule has 0 heteroatoms. The second-order valence-electron chi connectivity index (χ2n) is 2.28. The predicted molar refractivity (Wildman–Crippen MR) is 43.3 cm³/mol. The van der Waals surface area contributed by atoms with Crippen LogP contribution < -0.4 is 0 Å². The van der Waals surface area contributed by atoms with E-state index in [9.17, 15) is 0 Å². The SMILES string of the molecule is C=CCC[C](CC)CC. The van der Waals surface area contributed by atoms with Gasteiger partial charge in [-0.1, -0.05) is 19.9 Å². The fourth-order valence-corrected chi connectivity index (χ4v) is 0.910. The topological polar surface area (TPSA) is 0 Å². The van der Waals surface area contributed by atoms with Gasteiger partial charge in [0.05, 0.1) is 0 Å². The molecule has 0 aromatic carbocycles. The van der Waals surface area contributed by atoms with Crippen molar-refractivity contribution in [2.45, 2.75) is 39.5 Å². The zero-order valence-electron chi connectivity index (χ0n) is 6.61. The third-order valence-electron chi connectivity index (χ3n) is 1.70. The Morgan fingerprint density at radius 2 is 1.89 bits per heavy atom. The molecule has 0 fully saturated rings. The third kappa shape index (κ3) is 4.26. The molecule has 1 radical (unpaired) electrons. The van der Waals surface area contributed by atoms with E-state index in [-0.39, 0.29) is 0 Å². The van der Waals surface area contributed by atoms with Crippen molar-refractivity contribution >= 4 is 0 Å². The van der Waals surface area contributed by atoms with Crippen molar-refractivity contribution in [3.05, 3.63) is 18.6 Å². The maximum Gasteiger partial charge on any atom is -0.0243 e. The zero-order chi connectivity index (χ0) is 7.11. The fourth-order valence-electron chi connectivity index (χ4n) is 0.910. The molecule has 0 N–H and O–H groups in total. The quantitative estimate of drug-likeness (QED) is 0.494. The maximum atomic E-state index is 3.69. The van der Waals surface area contributed by atoms with Gasteiger partial charge >= 0.3 is 0 Å². The second kappa shape index (κ2) is 5.87. The van der Waals surface area contributed by atoms with E-state index in [0.717, 1.165) is 6.42 Å². The number of rotatable bonds is 5. The van der Waals surface area contributed by atoms with E-state index in [1.54, 1.807) is 5.92 Å². The molecule has 0 saturated carbocycles. The van der Waals surface area contributed by atoms with Crippen LogP contribution in [-0.4, -0.2) is 0 Å². The molecule has 0 aliphatic heterocycles. The summed E-state index contributed by atoms with van der Waals surface area (Å²) in [6.45, 7) is 8.14. The van der Waals surface area contributed by atoms with Crippen molar-refractivity contribution in [3.8, 4) is 0 Å². The Kier molecular flexibility index (Phi) is 5.70. The van der Waals surface area contributed by atoms with Gasteiger partial charge in [0.15, 0.2) is 0 Å². The zero-order valence-corrected chi connectivity index (χ0v) is 6.61. The number of allylic oxidation sites excluding steroid dienone is 1. The Labute approximate surface area is 59.0 Å². The van der Waals surface area contributed by atoms with E-state index in [0.29, 0.717) is 0 Å². The minimum atomic E-state index is 1.15. The van der Waals surface area contributed by atoms with E-state index in [2.05, 4.69) is 20.4 Å². The normalized spacial score (nSPS) is 10.1. The summed E-state index contributed by atoms with van der Waals surface area (Å²) in [7, 11) is 0. The van der Waals surface area contributed by atoms with Gasteiger partial charge in [0.1, 0.15) is 0 Å². The first-order valence-electron chi connectivity index (χ1n) is 3.79. The highest BCUT2D eigenvalue weighted by Crippen LogP contribution is 2.16. The van der Waals surface area contributed by atoms with Crippen LogP contribution in [0.5, 0.6) is 0 Å².